The molecule has 30 heavy (non-hydrogen) atoms. The predicted octanol–water partition coefficient (Wildman–Crippen LogP) is 3.30. The molecule has 6 nitrogen and oxygen atoms in total. The number of rotatable bonds is 7. The fourth-order valence-electron chi connectivity index (χ4n) is 3.80. The second kappa shape index (κ2) is 10.2. The lowest BCUT2D eigenvalue weighted by Gasteiger charge is -2.28. The van der Waals surface area contributed by atoms with Crippen LogP contribution in [0, 0.1) is 0 Å². The molecule has 3 N–H and O–H groups in total. The van der Waals surface area contributed by atoms with E-state index in [1.807, 2.05) is 0 Å². The van der Waals surface area contributed by atoms with Crippen molar-refractivity contribution in [3.63, 3.8) is 0 Å². The fourth-order valence-corrected chi connectivity index (χ4v) is 3.80. The molecule has 0 bridgehead atoms. The number of hydrogen-bond donors (Lipinski definition) is 3. The van der Waals surface area contributed by atoms with E-state index in [2.05, 4.69) is 82.2 Å². The number of morpholine rings is 1. The van der Waals surface area contributed by atoms with Crippen LogP contribution in [-0.4, -0.2) is 50.3 Å². The molecule has 0 saturated carbocycles. The summed E-state index contributed by atoms with van der Waals surface area (Å²) in [6.45, 7) is 7.97. The first-order valence-corrected chi connectivity index (χ1v) is 10.8. The van der Waals surface area contributed by atoms with Crippen LogP contribution in [0.5, 0.6) is 0 Å². The molecule has 1 aliphatic rings. The quantitative estimate of drug-likeness (QED) is 0.417. The smallest absolute Gasteiger partial charge is 0.191 e. The molecule has 2 aromatic carbocycles. The van der Waals surface area contributed by atoms with Crippen molar-refractivity contribution in [2.24, 2.45) is 4.99 Å². The Hall–Kier alpha value is -2.99. The highest BCUT2D eigenvalue weighted by Gasteiger charge is 2.10. The number of ether oxygens (including phenoxy) is 1. The van der Waals surface area contributed by atoms with Gasteiger partial charge in [0, 0.05) is 49.0 Å². The summed E-state index contributed by atoms with van der Waals surface area (Å²) in [5, 5.41) is 8.10. The van der Waals surface area contributed by atoms with Gasteiger partial charge in [-0.1, -0.05) is 30.3 Å². The van der Waals surface area contributed by atoms with E-state index >= 15 is 0 Å². The summed E-state index contributed by atoms with van der Waals surface area (Å²) >= 11 is 0. The number of para-hydroxylation sites is 1. The number of nitrogens with one attached hydrogen (secondary N) is 3. The molecule has 1 aliphatic heterocycles. The minimum atomic E-state index is 0.659. The molecule has 0 aliphatic carbocycles. The summed E-state index contributed by atoms with van der Waals surface area (Å²) < 4.78 is 5.43. The molecule has 0 spiro atoms. The molecule has 6 heteroatoms. The third kappa shape index (κ3) is 5.13. The van der Waals surface area contributed by atoms with Crippen LogP contribution in [0.2, 0.25) is 0 Å². The molecule has 2 heterocycles. The number of fused-ring (bicyclic) bond motifs is 1. The Bertz CT molecular complexity index is 957. The van der Waals surface area contributed by atoms with Crippen molar-refractivity contribution in [2.75, 3.05) is 44.3 Å². The predicted molar refractivity (Wildman–Crippen MR) is 124 cm³/mol. The van der Waals surface area contributed by atoms with E-state index in [1.165, 1.54) is 27.7 Å². The van der Waals surface area contributed by atoms with Gasteiger partial charge in [0.15, 0.2) is 5.96 Å². The second-order valence-electron chi connectivity index (χ2n) is 7.50. The molecular weight excluding hydrogens is 374 g/mol. The number of benzene rings is 2. The van der Waals surface area contributed by atoms with Crippen LogP contribution < -0.4 is 15.5 Å². The Morgan fingerprint density at radius 1 is 1.07 bits per heavy atom. The molecule has 3 aromatic rings. The van der Waals surface area contributed by atoms with E-state index < -0.39 is 0 Å². The van der Waals surface area contributed by atoms with Crippen molar-refractivity contribution in [3.8, 4) is 0 Å². The summed E-state index contributed by atoms with van der Waals surface area (Å²) in [5.74, 6) is 0.856. The van der Waals surface area contributed by atoms with E-state index in [1.54, 1.807) is 0 Å². The van der Waals surface area contributed by atoms with Gasteiger partial charge < -0.3 is 25.3 Å². The third-order valence-electron chi connectivity index (χ3n) is 5.44. The first-order valence-electron chi connectivity index (χ1n) is 10.8. The molecule has 158 valence electrons. The van der Waals surface area contributed by atoms with E-state index in [0.717, 1.165) is 51.8 Å². The summed E-state index contributed by atoms with van der Waals surface area (Å²) in [6, 6.07) is 17.1. The zero-order chi connectivity index (χ0) is 20.6. The first kappa shape index (κ1) is 20.3. The highest BCUT2D eigenvalue weighted by Crippen LogP contribution is 2.18. The van der Waals surface area contributed by atoms with E-state index in [4.69, 9.17) is 9.73 Å². The Kier molecular flexibility index (Phi) is 6.87. The van der Waals surface area contributed by atoms with Crippen LogP contribution in [0.15, 0.2) is 59.7 Å². The molecule has 0 atom stereocenters. The maximum Gasteiger partial charge on any atom is 0.191 e. The van der Waals surface area contributed by atoms with Gasteiger partial charge in [-0.3, -0.25) is 0 Å². The van der Waals surface area contributed by atoms with Gasteiger partial charge in [-0.2, -0.15) is 0 Å². The highest BCUT2D eigenvalue weighted by molar-refractivity contribution is 5.83. The average molecular weight is 406 g/mol. The summed E-state index contributed by atoms with van der Waals surface area (Å²) in [4.78, 5) is 10.5. The number of anilines is 1. The highest BCUT2D eigenvalue weighted by atomic mass is 16.5. The van der Waals surface area contributed by atoms with Crippen molar-refractivity contribution in [3.05, 3.63) is 65.9 Å². The molecule has 1 saturated heterocycles. The number of nitrogens with zero attached hydrogens (tertiary/aromatic N) is 2. The van der Waals surface area contributed by atoms with E-state index in [-0.39, 0.29) is 0 Å². The Morgan fingerprint density at radius 2 is 1.87 bits per heavy atom. The van der Waals surface area contributed by atoms with Gasteiger partial charge in [-0.15, -0.1) is 0 Å². The van der Waals surface area contributed by atoms with Crippen LogP contribution in [0.25, 0.3) is 10.9 Å². The van der Waals surface area contributed by atoms with E-state index in [9.17, 15) is 0 Å². The van der Waals surface area contributed by atoms with Crippen molar-refractivity contribution in [1.82, 2.24) is 15.6 Å². The lowest BCUT2D eigenvalue weighted by atomic mass is 10.1. The number of hydrogen-bond acceptors (Lipinski definition) is 3. The third-order valence-corrected chi connectivity index (χ3v) is 5.44. The van der Waals surface area contributed by atoms with Gasteiger partial charge in [0.1, 0.15) is 0 Å². The second-order valence-corrected chi connectivity index (χ2v) is 7.50. The molecule has 0 radical (unpaired) electrons. The Balaban J connectivity index is 1.32. The number of guanidine groups is 1. The molecule has 0 unspecified atom stereocenters. The number of aliphatic imine (C=N–C) groups is 1. The molecular formula is C24H31N5O. The van der Waals surface area contributed by atoms with Crippen LogP contribution in [0.1, 0.15) is 18.1 Å². The maximum absolute atomic E-state index is 5.43. The molecule has 1 fully saturated rings. The van der Waals surface area contributed by atoms with Crippen LogP contribution in [-0.2, 0) is 17.7 Å². The summed E-state index contributed by atoms with van der Waals surface area (Å²) in [6.07, 6.45) is 3.05. The zero-order valence-corrected chi connectivity index (χ0v) is 17.7. The van der Waals surface area contributed by atoms with Crippen LogP contribution >= 0.6 is 0 Å². The monoisotopic (exact) mass is 405 g/mol. The number of aromatic nitrogens is 1. The van der Waals surface area contributed by atoms with Gasteiger partial charge in [-0.05, 0) is 42.7 Å². The maximum atomic E-state index is 5.43. The SMILES string of the molecule is CCNC(=NCc1ccc(N2CCOCC2)cc1)NCCc1c[nH]c2ccccc12. The molecule has 0 amide bonds. The Morgan fingerprint density at radius 3 is 2.67 bits per heavy atom. The van der Waals surface area contributed by atoms with Gasteiger partial charge in [0.05, 0.1) is 19.8 Å². The van der Waals surface area contributed by atoms with E-state index in [0.29, 0.717) is 6.54 Å². The summed E-state index contributed by atoms with van der Waals surface area (Å²) in [7, 11) is 0. The van der Waals surface area contributed by atoms with Gasteiger partial charge >= 0.3 is 0 Å². The summed E-state index contributed by atoms with van der Waals surface area (Å²) in [5.41, 5.74) is 4.98. The topological polar surface area (TPSA) is 64.7 Å². The fraction of sp³-hybridized carbons (Fsp3) is 0.375. The lowest BCUT2D eigenvalue weighted by Crippen LogP contribution is -2.38. The average Bonchev–Trinajstić information content (AvgIpc) is 3.21. The largest absolute Gasteiger partial charge is 0.378 e. The number of H-pyrrole nitrogens is 1. The lowest BCUT2D eigenvalue weighted by molar-refractivity contribution is 0.122. The van der Waals surface area contributed by atoms with Crippen molar-refractivity contribution in [1.29, 1.82) is 0 Å². The van der Waals surface area contributed by atoms with Gasteiger partial charge in [-0.25, -0.2) is 4.99 Å². The minimum absolute atomic E-state index is 0.659. The van der Waals surface area contributed by atoms with Crippen molar-refractivity contribution in [2.45, 2.75) is 19.9 Å². The molecule has 1 aromatic heterocycles. The first-order chi connectivity index (χ1) is 14.8. The zero-order valence-electron chi connectivity index (χ0n) is 17.7. The van der Waals surface area contributed by atoms with Gasteiger partial charge in [0.25, 0.3) is 0 Å². The number of aromatic amines is 1. The van der Waals surface area contributed by atoms with Gasteiger partial charge in [0.2, 0.25) is 0 Å². The van der Waals surface area contributed by atoms with Crippen LogP contribution in [0.3, 0.4) is 0 Å². The van der Waals surface area contributed by atoms with Crippen LogP contribution in [0.4, 0.5) is 5.69 Å². The molecule has 4 rings (SSSR count). The normalized spacial score (nSPS) is 14.8. The standard InChI is InChI=1S/C24H31N5O/c1-2-25-24(26-12-11-20-18-27-23-6-4-3-5-22(20)23)28-17-19-7-9-21(10-8-19)29-13-15-30-16-14-29/h3-10,18,27H,2,11-17H2,1H3,(H2,25,26,28). The Labute approximate surface area is 178 Å². The minimum Gasteiger partial charge on any atom is -0.378 e. The van der Waals surface area contributed by atoms with Crippen molar-refractivity contribution < 1.29 is 4.74 Å². The van der Waals surface area contributed by atoms with Crippen molar-refractivity contribution >= 4 is 22.5 Å².